The van der Waals surface area contributed by atoms with E-state index in [-0.39, 0.29) is 5.22 Å². The van der Waals surface area contributed by atoms with Crippen molar-refractivity contribution in [3.8, 4) is 0 Å². The molecule has 0 N–H and O–H groups in total. The molecule has 0 bridgehead atoms. The first-order chi connectivity index (χ1) is 6.25. The zero-order valence-electron chi connectivity index (χ0n) is 6.34. The third-order valence-electron chi connectivity index (χ3n) is 1.43. The summed E-state index contributed by atoms with van der Waals surface area (Å²) in [6.45, 7) is 0. The Bertz CT molecular complexity index is 421. The number of oxazole rings is 1. The Labute approximate surface area is 77.0 Å². The van der Waals surface area contributed by atoms with Gasteiger partial charge in [0.15, 0.2) is 5.58 Å². The first-order valence-corrected chi connectivity index (χ1v) is 4.21. The van der Waals surface area contributed by atoms with E-state index in [1.807, 2.05) is 0 Å². The van der Waals surface area contributed by atoms with E-state index < -0.39 is 4.33 Å². The van der Waals surface area contributed by atoms with Crippen molar-refractivity contribution in [1.82, 2.24) is 4.98 Å². The average molecular weight is 196 g/mol. The van der Waals surface area contributed by atoms with Gasteiger partial charge >= 0.3 is 17.2 Å². The van der Waals surface area contributed by atoms with Crippen LogP contribution in [0.2, 0.25) is 0 Å². The second-order valence-corrected chi connectivity index (χ2v) is 3.09. The Balaban J connectivity index is 2.44. The number of fused-ring (bicyclic) bond motifs is 1. The summed E-state index contributed by atoms with van der Waals surface area (Å²) in [7, 11) is 0. The number of hydrogen-bond donors (Lipinski definition) is 0. The number of benzene rings is 1. The maximum atomic E-state index is 10.1. The predicted octanol–water partition coefficient (Wildman–Crippen LogP) is 2.11. The molecule has 0 saturated heterocycles. The fourth-order valence-corrected chi connectivity index (χ4v) is 1.35. The maximum Gasteiger partial charge on any atom is 0.333 e. The van der Waals surface area contributed by atoms with Crippen LogP contribution in [-0.2, 0) is 0 Å². The topological polar surface area (TPSA) is 69.2 Å². The number of para-hydroxylation sites is 2. The van der Waals surface area contributed by atoms with Crippen LogP contribution >= 0.6 is 11.9 Å². The summed E-state index contributed by atoms with van der Waals surface area (Å²) in [6, 6.07) is 7.04. The number of hydrogen-bond acceptors (Lipinski definition) is 5. The van der Waals surface area contributed by atoms with Crippen LogP contribution in [-0.4, -0.2) is 9.31 Å². The summed E-state index contributed by atoms with van der Waals surface area (Å²) in [5.74, 6) is 0. The van der Waals surface area contributed by atoms with Gasteiger partial charge in [0.05, 0.1) is 0 Å². The molecule has 0 aliphatic carbocycles. The SMILES string of the molecule is O=[N+]([O-])Sc1nc2ccccc2o1. The molecule has 1 aromatic heterocycles. The summed E-state index contributed by atoms with van der Waals surface area (Å²) in [5.41, 5.74) is 1.19. The van der Waals surface area contributed by atoms with Crippen molar-refractivity contribution in [2.45, 2.75) is 5.22 Å². The van der Waals surface area contributed by atoms with Crippen molar-refractivity contribution < 1.29 is 8.75 Å². The lowest BCUT2D eigenvalue weighted by molar-refractivity contribution is -0.285. The van der Waals surface area contributed by atoms with Crippen LogP contribution in [0.5, 0.6) is 0 Å². The minimum Gasteiger partial charge on any atom is -0.427 e. The molecule has 5 nitrogen and oxygen atoms in total. The standard InChI is InChI=1S/C7H4N2O3S/c10-9(11)13-7-8-5-3-1-2-4-6(5)12-7/h1-4H. The molecule has 0 amide bonds. The Kier molecular flexibility index (Phi) is 1.90. The first kappa shape index (κ1) is 8.06. The fraction of sp³-hybridized carbons (Fsp3) is 0. The molecule has 0 spiro atoms. The molecular weight excluding hydrogens is 192 g/mol. The van der Waals surface area contributed by atoms with Gasteiger partial charge in [-0.3, -0.25) is 10.1 Å². The van der Waals surface area contributed by atoms with Gasteiger partial charge in [0.1, 0.15) is 9.85 Å². The van der Waals surface area contributed by atoms with Gasteiger partial charge in [0.25, 0.3) is 0 Å². The lowest BCUT2D eigenvalue weighted by atomic mass is 10.3. The molecule has 0 aliphatic rings. The number of rotatable bonds is 2. The largest absolute Gasteiger partial charge is 0.427 e. The van der Waals surface area contributed by atoms with Gasteiger partial charge in [-0.25, -0.2) is 0 Å². The molecule has 1 aromatic carbocycles. The number of nitro groups is 1. The van der Waals surface area contributed by atoms with Gasteiger partial charge in [0.2, 0.25) is 0 Å². The quantitative estimate of drug-likeness (QED) is 0.418. The Morgan fingerprint density at radius 2 is 2.23 bits per heavy atom. The highest BCUT2D eigenvalue weighted by Gasteiger charge is 2.13. The second kappa shape index (κ2) is 3.06. The van der Waals surface area contributed by atoms with E-state index in [1.54, 1.807) is 24.3 Å². The van der Waals surface area contributed by atoms with E-state index in [0.717, 1.165) is 0 Å². The summed E-state index contributed by atoms with van der Waals surface area (Å²) in [5, 5.41) is 10.2. The molecule has 0 fully saturated rings. The van der Waals surface area contributed by atoms with Crippen LogP contribution in [0.1, 0.15) is 0 Å². The lowest BCUT2D eigenvalue weighted by Crippen LogP contribution is -1.81. The minimum absolute atomic E-state index is 0.0613. The summed E-state index contributed by atoms with van der Waals surface area (Å²) in [4.78, 5) is 14.0. The predicted molar refractivity (Wildman–Crippen MR) is 46.9 cm³/mol. The average Bonchev–Trinajstić information content (AvgIpc) is 2.44. The van der Waals surface area contributed by atoms with Crippen molar-refractivity contribution in [2.75, 3.05) is 0 Å². The molecular formula is C7H4N2O3S. The van der Waals surface area contributed by atoms with Crippen LogP contribution in [0.4, 0.5) is 0 Å². The Morgan fingerprint density at radius 3 is 2.92 bits per heavy atom. The Morgan fingerprint density at radius 1 is 1.46 bits per heavy atom. The normalized spacial score (nSPS) is 10.5. The van der Waals surface area contributed by atoms with Crippen molar-refractivity contribution in [3.63, 3.8) is 0 Å². The monoisotopic (exact) mass is 196 g/mol. The summed E-state index contributed by atoms with van der Waals surface area (Å²) >= 11 is 0.369. The smallest absolute Gasteiger partial charge is 0.333 e. The van der Waals surface area contributed by atoms with Crippen LogP contribution in [0.3, 0.4) is 0 Å². The lowest BCUT2D eigenvalue weighted by Gasteiger charge is -1.80. The van der Waals surface area contributed by atoms with Crippen molar-refractivity contribution >= 4 is 23.0 Å². The van der Waals surface area contributed by atoms with E-state index in [2.05, 4.69) is 4.98 Å². The van der Waals surface area contributed by atoms with Gasteiger partial charge in [-0.2, -0.15) is 4.98 Å². The molecule has 0 atom stereocenters. The zero-order chi connectivity index (χ0) is 9.26. The molecule has 0 saturated carbocycles. The molecule has 0 unspecified atom stereocenters. The van der Waals surface area contributed by atoms with Gasteiger partial charge in [-0.1, -0.05) is 12.1 Å². The van der Waals surface area contributed by atoms with Crippen LogP contribution < -0.4 is 0 Å². The molecule has 1 heterocycles. The van der Waals surface area contributed by atoms with E-state index >= 15 is 0 Å². The Hall–Kier alpha value is -1.56. The summed E-state index contributed by atoms with van der Waals surface area (Å²) in [6.07, 6.45) is 0. The third-order valence-corrected chi connectivity index (χ3v) is 1.91. The molecule has 6 heteroatoms. The molecule has 66 valence electrons. The number of nitrogens with zero attached hydrogens (tertiary/aromatic N) is 2. The first-order valence-electron chi connectivity index (χ1n) is 3.43. The minimum atomic E-state index is -0.551. The van der Waals surface area contributed by atoms with Gasteiger partial charge in [-0.05, 0) is 12.1 Å². The second-order valence-electron chi connectivity index (χ2n) is 2.26. The van der Waals surface area contributed by atoms with Crippen molar-refractivity contribution in [3.05, 3.63) is 34.4 Å². The molecule has 2 rings (SSSR count). The van der Waals surface area contributed by atoms with E-state index in [9.17, 15) is 10.1 Å². The van der Waals surface area contributed by atoms with Crippen LogP contribution in [0.25, 0.3) is 11.1 Å². The highest BCUT2D eigenvalue weighted by Crippen LogP contribution is 2.22. The number of aromatic nitrogens is 1. The van der Waals surface area contributed by atoms with E-state index in [1.165, 1.54) is 0 Å². The molecule has 0 radical (unpaired) electrons. The van der Waals surface area contributed by atoms with Crippen molar-refractivity contribution in [2.24, 2.45) is 0 Å². The molecule has 13 heavy (non-hydrogen) atoms. The molecule has 2 aromatic rings. The van der Waals surface area contributed by atoms with E-state index in [4.69, 9.17) is 4.42 Å². The molecule has 0 aliphatic heterocycles. The van der Waals surface area contributed by atoms with E-state index in [0.29, 0.717) is 23.0 Å². The van der Waals surface area contributed by atoms with Crippen LogP contribution in [0, 0.1) is 10.1 Å². The fourth-order valence-electron chi connectivity index (χ4n) is 0.954. The van der Waals surface area contributed by atoms with Gasteiger partial charge in [0, 0.05) is 0 Å². The van der Waals surface area contributed by atoms with Gasteiger partial charge < -0.3 is 4.42 Å². The third kappa shape index (κ3) is 1.62. The zero-order valence-corrected chi connectivity index (χ0v) is 7.15. The highest BCUT2D eigenvalue weighted by atomic mass is 32.2. The van der Waals surface area contributed by atoms with Crippen LogP contribution in [0.15, 0.2) is 33.9 Å². The van der Waals surface area contributed by atoms with Gasteiger partial charge in [-0.15, -0.1) is 0 Å². The van der Waals surface area contributed by atoms with Crippen molar-refractivity contribution in [1.29, 1.82) is 0 Å². The summed E-state index contributed by atoms with van der Waals surface area (Å²) < 4.78 is 4.54. The maximum absolute atomic E-state index is 10.1. The highest BCUT2D eigenvalue weighted by molar-refractivity contribution is 7.93.